The Balaban J connectivity index is 2.17. The third-order valence-corrected chi connectivity index (χ3v) is 1.73. The first-order valence-electron chi connectivity index (χ1n) is 3.66. The van der Waals surface area contributed by atoms with E-state index in [2.05, 4.69) is 22.7 Å². The number of hydrogen-bond donors (Lipinski definition) is 3. The van der Waals surface area contributed by atoms with Crippen molar-refractivity contribution in [2.45, 2.75) is 0 Å². The van der Waals surface area contributed by atoms with Crippen molar-refractivity contribution in [1.29, 1.82) is 0 Å². The van der Waals surface area contributed by atoms with Gasteiger partial charge in [-0.2, -0.15) is 5.10 Å². The number of hydrazone groups is 1. The molecule has 1 amide bonds. The molecule has 7 heteroatoms. The lowest BCUT2D eigenvalue weighted by molar-refractivity contribution is 0.104. The number of carbonyl (C=O) groups is 1. The van der Waals surface area contributed by atoms with Crippen LogP contribution in [0.4, 0.5) is 4.79 Å². The maximum atomic E-state index is 10.3. The highest BCUT2D eigenvalue weighted by Crippen LogP contribution is 2.12. The zero-order valence-electron chi connectivity index (χ0n) is 6.80. The second-order valence-electron chi connectivity index (χ2n) is 2.70. The predicted octanol–water partition coefficient (Wildman–Crippen LogP) is -0.585. The Morgan fingerprint density at radius 2 is 2.38 bits per heavy atom. The van der Waals surface area contributed by atoms with Gasteiger partial charge >= 0.3 is 6.09 Å². The van der Waals surface area contributed by atoms with Gasteiger partial charge in [-0.25, -0.2) is 4.79 Å². The second-order valence-corrected chi connectivity index (χ2v) is 3.14. The van der Waals surface area contributed by atoms with Crippen molar-refractivity contribution < 1.29 is 9.90 Å². The molecule has 1 saturated heterocycles. The van der Waals surface area contributed by atoms with Crippen LogP contribution in [-0.2, 0) is 0 Å². The van der Waals surface area contributed by atoms with E-state index < -0.39 is 6.09 Å². The zero-order chi connectivity index (χ0) is 9.84. The molecule has 0 radical (unpaired) electrons. The van der Waals surface area contributed by atoms with Gasteiger partial charge in [0, 0.05) is 25.2 Å². The van der Waals surface area contributed by atoms with E-state index in [1.165, 1.54) is 4.90 Å². The van der Waals surface area contributed by atoms with Crippen LogP contribution >= 0.6 is 12.2 Å². The summed E-state index contributed by atoms with van der Waals surface area (Å²) in [4.78, 5) is 11.6. The van der Waals surface area contributed by atoms with Gasteiger partial charge in [-0.05, 0) is 12.2 Å². The third-order valence-electron chi connectivity index (χ3n) is 1.64. The maximum absolute atomic E-state index is 10.3. The summed E-state index contributed by atoms with van der Waals surface area (Å²) in [6, 6.07) is 0. The van der Waals surface area contributed by atoms with Crippen LogP contribution in [0.2, 0.25) is 0 Å². The number of carboxylic acid groups (broad SMARTS) is 1. The Morgan fingerprint density at radius 3 is 2.85 bits per heavy atom. The fourth-order valence-electron chi connectivity index (χ4n) is 0.969. The maximum Gasteiger partial charge on any atom is 0.407 e. The van der Waals surface area contributed by atoms with E-state index in [1.54, 1.807) is 6.21 Å². The average molecular weight is 202 g/mol. The first-order chi connectivity index (χ1) is 6.09. The largest absolute Gasteiger partial charge is 0.465 e. The summed E-state index contributed by atoms with van der Waals surface area (Å²) in [5.74, 6) is 0.165. The third kappa shape index (κ3) is 2.86. The van der Waals surface area contributed by atoms with Crippen molar-refractivity contribution in [3.8, 4) is 0 Å². The number of likely N-dealkylation sites (tertiary alicyclic amines) is 1. The lowest BCUT2D eigenvalue weighted by atomic mass is 10.0. The van der Waals surface area contributed by atoms with Crippen molar-refractivity contribution in [3.63, 3.8) is 0 Å². The van der Waals surface area contributed by atoms with Gasteiger partial charge < -0.3 is 15.7 Å². The van der Waals surface area contributed by atoms with Gasteiger partial charge in [0.05, 0.1) is 0 Å². The van der Waals surface area contributed by atoms with Crippen molar-refractivity contribution in [3.05, 3.63) is 0 Å². The van der Waals surface area contributed by atoms with Gasteiger partial charge in [0.2, 0.25) is 0 Å². The van der Waals surface area contributed by atoms with Crippen LogP contribution in [0.1, 0.15) is 0 Å². The molecule has 0 atom stereocenters. The summed E-state index contributed by atoms with van der Waals surface area (Å²) in [5.41, 5.74) is 7.52. The Bertz CT molecular complexity index is 249. The molecule has 0 aromatic heterocycles. The molecule has 72 valence electrons. The minimum atomic E-state index is -0.896. The van der Waals surface area contributed by atoms with Crippen LogP contribution in [0.15, 0.2) is 5.10 Å². The standard InChI is InChI=1S/C6H10N4O2S/c7-5(13)9-8-1-4-2-10(3-4)6(11)12/h1,4H,2-3H2,(H,11,12)(H3,7,9,13). The van der Waals surface area contributed by atoms with E-state index in [4.69, 9.17) is 10.8 Å². The highest BCUT2D eigenvalue weighted by Gasteiger charge is 2.28. The summed E-state index contributed by atoms with van der Waals surface area (Å²) < 4.78 is 0. The fraction of sp³-hybridized carbons (Fsp3) is 0.500. The van der Waals surface area contributed by atoms with E-state index in [9.17, 15) is 4.79 Å². The van der Waals surface area contributed by atoms with E-state index in [1.807, 2.05) is 0 Å². The van der Waals surface area contributed by atoms with Crippen LogP contribution < -0.4 is 11.2 Å². The van der Waals surface area contributed by atoms with Gasteiger partial charge in [0.25, 0.3) is 0 Å². The molecule has 1 fully saturated rings. The molecule has 1 heterocycles. The Kier molecular flexibility index (Phi) is 3.02. The number of nitrogens with two attached hydrogens (primary N) is 1. The topological polar surface area (TPSA) is 91.0 Å². The Morgan fingerprint density at radius 1 is 1.77 bits per heavy atom. The molecular weight excluding hydrogens is 192 g/mol. The number of nitrogens with zero attached hydrogens (tertiary/aromatic N) is 2. The lowest BCUT2D eigenvalue weighted by Crippen LogP contribution is -2.50. The molecule has 0 bridgehead atoms. The molecule has 0 aliphatic carbocycles. The minimum absolute atomic E-state index is 0.102. The average Bonchev–Trinajstić information content (AvgIpc) is 1.92. The van der Waals surface area contributed by atoms with E-state index in [-0.39, 0.29) is 11.0 Å². The number of amides is 1. The van der Waals surface area contributed by atoms with E-state index in [0.717, 1.165) is 0 Å². The van der Waals surface area contributed by atoms with Gasteiger partial charge in [0.15, 0.2) is 5.11 Å². The van der Waals surface area contributed by atoms with Crippen molar-refractivity contribution in [1.82, 2.24) is 10.3 Å². The first kappa shape index (κ1) is 9.72. The summed E-state index contributed by atoms with van der Waals surface area (Å²) in [6.45, 7) is 0.968. The summed E-state index contributed by atoms with van der Waals surface area (Å²) in [6.07, 6.45) is 0.713. The molecule has 4 N–H and O–H groups in total. The molecule has 6 nitrogen and oxygen atoms in total. The van der Waals surface area contributed by atoms with Gasteiger partial charge in [-0.15, -0.1) is 0 Å². The zero-order valence-corrected chi connectivity index (χ0v) is 7.62. The summed E-state index contributed by atoms with van der Waals surface area (Å²) in [5, 5.41) is 12.3. The molecule has 0 saturated carbocycles. The monoisotopic (exact) mass is 202 g/mol. The SMILES string of the molecule is NC(=S)NN=CC1CN(C(=O)O)C1. The lowest BCUT2D eigenvalue weighted by Gasteiger charge is -2.34. The normalized spacial score (nSPS) is 17.1. The van der Waals surface area contributed by atoms with Crippen molar-refractivity contribution in [2.24, 2.45) is 16.8 Å². The van der Waals surface area contributed by atoms with Gasteiger partial charge in [0.1, 0.15) is 0 Å². The van der Waals surface area contributed by atoms with Gasteiger partial charge in [-0.1, -0.05) is 0 Å². The first-order valence-corrected chi connectivity index (χ1v) is 4.07. The highest BCUT2D eigenvalue weighted by atomic mass is 32.1. The van der Waals surface area contributed by atoms with Gasteiger partial charge in [-0.3, -0.25) is 5.43 Å². The van der Waals surface area contributed by atoms with Crippen LogP contribution in [0.3, 0.4) is 0 Å². The van der Waals surface area contributed by atoms with Crippen LogP contribution in [-0.4, -0.2) is 40.5 Å². The fourth-order valence-corrected chi connectivity index (χ4v) is 1.02. The molecule has 13 heavy (non-hydrogen) atoms. The van der Waals surface area contributed by atoms with Crippen molar-refractivity contribution in [2.75, 3.05) is 13.1 Å². The molecule has 0 aromatic carbocycles. The number of thiocarbonyl (C=S) groups is 1. The smallest absolute Gasteiger partial charge is 0.407 e. The molecule has 0 unspecified atom stereocenters. The van der Waals surface area contributed by atoms with Crippen LogP contribution in [0.25, 0.3) is 0 Å². The molecule has 1 aliphatic rings. The molecular formula is C6H10N4O2S. The Labute approximate surface area is 80.4 Å². The Hall–Kier alpha value is -1.37. The summed E-state index contributed by atoms with van der Waals surface area (Å²) in [7, 11) is 0. The molecule has 1 aliphatic heterocycles. The minimum Gasteiger partial charge on any atom is -0.465 e. The number of rotatable bonds is 2. The van der Waals surface area contributed by atoms with Crippen molar-refractivity contribution >= 4 is 29.6 Å². The molecule has 1 rings (SSSR count). The number of hydrogen-bond acceptors (Lipinski definition) is 3. The number of nitrogens with one attached hydrogen (secondary N) is 1. The molecule has 0 spiro atoms. The van der Waals surface area contributed by atoms with E-state index >= 15 is 0 Å². The highest BCUT2D eigenvalue weighted by molar-refractivity contribution is 7.80. The van der Waals surface area contributed by atoms with Crippen LogP contribution in [0, 0.1) is 5.92 Å². The van der Waals surface area contributed by atoms with E-state index in [0.29, 0.717) is 13.1 Å². The summed E-state index contributed by atoms with van der Waals surface area (Å²) >= 11 is 4.51. The second kappa shape index (κ2) is 4.04. The quantitative estimate of drug-likeness (QED) is 0.316. The van der Waals surface area contributed by atoms with Crippen LogP contribution in [0.5, 0.6) is 0 Å². The molecule has 0 aromatic rings. The predicted molar refractivity (Wildman–Crippen MR) is 51.5 cm³/mol.